The number of ether oxygens (including phenoxy) is 1. The highest BCUT2D eigenvalue weighted by Crippen LogP contribution is 2.31. The van der Waals surface area contributed by atoms with Gasteiger partial charge in [0, 0.05) is 31.4 Å². The van der Waals surface area contributed by atoms with E-state index in [9.17, 15) is 0 Å². The van der Waals surface area contributed by atoms with Crippen molar-refractivity contribution in [1.82, 2.24) is 4.90 Å². The van der Waals surface area contributed by atoms with E-state index in [1.165, 1.54) is 24.1 Å². The summed E-state index contributed by atoms with van der Waals surface area (Å²) in [5, 5.41) is 3.45. The molecule has 2 heterocycles. The number of anilines is 1. The van der Waals surface area contributed by atoms with Crippen LogP contribution in [0.1, 0.15) is 25.8 Å². The second-order valence-corrected chi connectivity index (χ2v) is 5.70. The van der Waals surface area contributed by atoms with Crippen molar-refractivity contribution in [2.45, 2.75) is 32.3 Å². The van der Waals surface area contributed by atoms with Gasteiger partial charge in [-0.1, -0.05) is 13.0 Å². The Morgan fingerprint density at radius 3 is 3.00 bits per heavy atom. The van der Waals surface area contributed by atoms with Crippen LogP contribution in [-0.4, -0.2) is 36.7 Å². The number of hydrogen-bond donors (Lipinski definition) is 1. The Morgan fingerprint density at radius 1 is 1.39 bits per heavy atom. The molecule has 2 aliphatic rings. The molecule has 0 atom stereocenters. The highest BCUT2D eigenvalue weighted by molar-refractivity contribution is 5.56. The zero-order valence-electron chi connectivity index (χ0n) is 11.3. The summed E-state index contributed by atoms with van der Waals surface area (Å²) in [6, 6.07) is 6.48. The SMILES string of the molecule is CCN1CC(C)(Oc2ccc3c(c2)NCCC3)C1. The number of rotatable bonds is 3. The summed E-state index contributed by atoms with van der Waals surface area (Å²) in [7, 11) is 0. The molecule has 0 spiro atoms. The van der Waals surface area contributed by atoms with E-state index in [2.05, 4.69) is 42.3 Å². The molecule has 18 heavy (non-hydrogen) atoms. The number of likely N-dealkylation sites (N-methyl/N-ethyl adjacent to an activating group) is 1. The van der Waals surface area contributed by atoms with Gasteiger partial charge >= 0.3 is 0 Å². The van der Waals surface area contributed by atoms with Crippen molar-refractivity contribution in [3.8, 4) is 5.75 Å². The third-order valence-electron chi connectivity index (χ3n) is 3.95. The van der Waals surface area contributed by atoms with Gasteiger partial charge in [-0.05, 0) is 37.9 Å². The molecule has 2 aliphatic heterocycles. The van der Waals surface area contributed by atoms with Crippen LogP contribution in [0.2, 0.25) is 0 Å². The molecule has 1 aromatic carbocycles. The summed E-state index contributed by atoms with van der Waals surface area (Å²) in [5.74, 6) is 1.00. The van der Waals surface area contributed by atoms with E-state index in [0.29, 0.717) is 0 Å². The van der Waals surface area contributed by atoms with Gasteiger partial charge in [-0.15, -0.1) is 0 Å². The van der Waals surface area contributed by atoms with E-state index in [-0.39, 0.29) is 5.60 Å². The van der Waals surface area contributed by atoms with Crippen LogP contribution in [0.25, 0.3) is 0 Å². The van der Waals surface area contributed by atoms with Crippen molar-refractivity contribution in [3.63, 3.8) is 0 Å². The second kappa shape index (κ2) is 4.47. The summed E-state index contributed by atoms with van der Waals surface area (Å²) in [4.78, 5) is 2.40. The van der Waals surface area contributed by atoms with Crippen molar-refractivity contribution in [3.05, 3.63) is 23.8 Å². The van der Waals surface area contributed by atoms with Gasteiger partial charge in [-0.2, -0.15) is 0 Å². The van der Waals surface area contributed by atoms with Crippen LogP contribution in [0.3, 0.4) is 0 Å². The van der Waals surface area contributed by atoms with Crippen LogP contribution in [-0.2, 0) is 6.42 Å². The highest BCUT2D eigenvalue weighted by atomic mass is 16.5. The van der Waals surface area contributed by atoms with Crippen molar-refractivity contribution < 1.29 is 4.74 Å². The molecule has 0 aliphatic carbocycles. The van der Waals surface area contributed by atoms with Crippen LogP contribution in [0.4, 0.5) is 5.69 Å². The first-order chi connectivity index (χ1) is 8.68. The first-order valence-corrected chi connectivity index (χ1v) is 6.97. The van der Waals surface area contributed by atoms with Gasteiger partial charge < -0.3 is 10.1 Å². The Kier molecular flexibility index (Phi) is 2.94. The standard InChI is InChI=1S/C15H22N2O/c1-3-17-10-15(2,11-17)18-13-7-6-12-5-4-8-16-14(12)9-13/h6-7,9,16H,3-5,8,10-11H2,1-2H3. The molecule has 0 saturated carbocycles. The minimum Gasteiger partial charge on any atom is -0.485 e. The van der Waals surface area contributed by atoms with Gasteiger partial charge in [0.05, 0.1) is 0 Å². The Bertz CT molecular complexity index is 438. The molecule has 98 valence electrons. The molecule has 0 unspecified atom stereocenters. The maximum Gasteiger partial charge on any atom is 0.131 e. The largest absolute Gasteiger partial charge is 0.485 e. The van der Waals surface area contributed by atoms with Gasteiger partial charge in [0.2, 0.25) is 0 Å². The maximum atomic E-state index is 6.15. The minimum atomic E-state index is -0.00108. The Balaban J connectivity index is 1.70. The van der Waals surface area contributed by atoms with Crippen LogP contribution in [0.5, 0.6) is 5.75 Å². The number of hydrogen-bond acceptors (Lipinski definition) is 3. The summed E-state index contributed by atoms with van der Waals surface area (Å²) < 4.78 is 6.15. The lowest BCUT2D eigenvalue weighted by Gasteiger charge is -2.47. The monoisotopic (exact) mass is 246 g/mol. The fraction of sp³-hybridized carbons (Fsp3) is 0.600. The van der Waals surface area contributed by atoms with E-state index >= 15 is 0 Å². The summed E-state index contributed by atoms with van der Waals surface area (Å²) in [5.41, 5.74) is 2.68. The molecule has 0 amide bonds. The highest BCUT2D eigenvalue weighted by Gasteiger charge is 2.39. The lowest BCUT2D eigenvalue weighted by Crippen LogP contribution is -2.62. The number of nitrogens with one attached hydrogen (secondary N) is 1. The minimum absolute atomic E-state index is 0.00108. The maximum absolute atomic E-state index is 6.15. The Morgan fingerprint density at radius 2 is 2.22 bits per heavy atom. The second-order valence-electron chi connectivity index (χ2n) is 5.70. The average molecular weight is 246 g/mol. The lowest BCUT2D eigenvalue weighted by molar-refractivity contribution is -0.0605. The predicted octanol–water partition coefficient (Wildman–Crippen LogP) is 2.52. The van der Waals surface area contributed by atoms with Gasteiger partial charge in [0.25, 0.3) is 0 Å². The summed E-state index contributed by atoms with van der Waals surface area (Å²) in [6.45, 7) is 8.67. The predicted molar refractivity (Wildman–Crippen MR) is 74.4 cm³/mol. The molecular weight excluding hydrogens is 224 g/mol. The first-order valence-electron chi connectivity index (χ1n) is 6.97. The molecule has 0 radical (unpaired) electrons. The average Bonchev–Trinajstić information content (AvgIpc) is 2.35. The molecule has 1 aromatic rings. The van der Waals surface area contributed by atoms with Gasteiger partial charge in [0.15, 0.2) is 0 Å². The third kappa shape index (κ3) is 2.19. The van der Waals surface area contributed by atoms with Gasteiger partial charge in [-0.25, -0.2) is 0 Å². The smallest absolute Gasteiger partial charge is 0.131 e. The molecule has 3 heteroatoms. The van der Waals surface area contributed by atoms with Crippen LogP contribution >= 0.6 is 0 Å². The number of nitrogens with zero attached hydrogens (tertiary/aromatic N) is 1. The van der Waals surface area contributed by atoms with Crippen molar-refractivity contribution in [2.75, 3.05) is 31.5 Å². The number of likely N-dealkylation sites (tertiary alicyclic amines) is 1. The van der Waals surface area contributed by atoms with Crippen LogP contribution < -0.4 is 10.1 Å². The molecule has 0 bridgehead atoms. The van der Waals surface area contributed by atoms with E-state index in [1.54, 1.807) is 0 Å². The number of benzene rings is 1. The molecule has 1 saturated heterocycles. The van der Waals surface area contributed by atoms with Crippen molar-refractivity contribution >= 4 is 5.69 Å². The Labute approximate surface area is 109 Å². The zero-order valence-corrected chi connectivity index (χ0v) is 11.3. The van der Waals surface area contributed by atoms with E-state index in [1.807, 2.05) is 0 Å². The lowest BCUT2D eigenvalue weighted by atomic mass is 9.96. The van der Waals surface area contributed by atoms with E-state index in [4.69, 9.17) is 4.74 Å². The van der Waals surface area contributed by atoms with Crippen molar-refractivity contribution in [1.29, 1.82) is 0 Å². The first kappa shape index (κ1) is 11.8. The molecule has 0 aromatic heterocycles. The van der Waals surface area contributed by atoms with E-state index in [0.717, 1.165) is 31.9 Å². The van der Waals surface area contributed by atoms with Crippen LogP contribution in [0.15, 0.2) is 18.2 Å². The normalized spacial score (nSPS) is 21.7. The fourth-order valence-electron chi connectivity index (χ4n) is 2.98. The quantitative estimate of drug-likeness (QED) is 0.887. The van der Waals surface area contributed by atoms with Gasteiger partial charge in [-0.3, -0.25) is 4.90 Å². The van der Waals surface area contributed by atoms with E-state index < -0.39 is 0 Å². The third-order valence-corrected chi connectivity index (χ3v) is 3.95. The number of aryl methyl sites for hydroxylation is 1. The molecule has 3 rings (SSSR count). The van der Waals surface area contributed by atoms with Crippen molar-refractivity contribution in [2.24, 2.45) is 0 Å². The molecule has 1 N–H and O–H groups in total. The van der Waals surface area contributed by atoms with Gasteiger partial charge in [0.1, 0.15) is 11.4 Å². The summed E-state index contributed by atoms with van der Waals surface area (Å²) >= 11 is 0. The zero-order chi connectivity index (χ0) is 12.6. The molecule has 3 nitrogen and oxygen atoms in total. The summed E-state index contributed by atoms with van der Waals surface area (Å²) in [6.07, 6.45) is 2.42. The fourth-order valence-corrected chi connectivity index (χ4v) is 2.98. The Hall–Kier alpha value is -1.22. The topological polar surface area (TPSA) is 24.5 Å². The number of fused-ring (bicyclic) bond motifs is 1. The molecule has 1 fully saturated rings. The van der Waals surface area contributed by atoms with Crippen LogP contribution in [0, 0.1) is 0 Å². The molecular formula is C15H22N2O.